The largest absolute Gasteiger partial charge is 0.478 e. The van der Waals surface area contributed by atoms with E-state index in [4.69, 9.17) is 26.5 Å². The van der Waals surface area contributed by atoms with Crippen LogP contribution < -0.4 is 16.8 Å². The number of carbonyl (C=O) groups is 4. The number of likely N-dealkylation sites (tertiary alicyclic amines) is 1. The maximum Gasteiger partial charge on any atom is 0.328 e. The van der Waals surface area contributed by atoms with E-state index in [1.807, 2.05) is 120 Å². The molecule has 2 aliphatic heterocycles. The fourth-order valence-electron chi connectivity index (χ4n) is 12.0. The Morgan fingerprint density at radius 3 is 1.58 bits per heavy atom. The number of aromatic nitrogens is 8. The van der Waals surface area contributed by atoms with Gasteiger partial charge in [-0.2, -0.15) is 0 Å². The van der Waals surface area contributed by atoms with Crippen LogP contribution in [0.15, 0.2) is 146 Å². The number of ketones is 2. The van der Waals surface area contributed by atoms with Crippen molar-refractivity contribution in [2.75, 3.05) is 51.7 Å². The van der Waals surface area contributed by atoms with Crippen LogP contribution in [-0.4, -0.2) is 134 Å². The number of rotatable bonds is 18. The van der Waals surface area contributed by atoms with Gasteiger partial charge in [-0.05, 0) is 113 Å². The van der Waals surface area contributed by atoms with Crippen molar-refractivity contribution in [1.82, 2.24) is 58.7 Å². The van der Waals surface area contributed by atoms with E-state index >= 15 is 0 Å². The molecule has 6 N–H and O–H groups in total. The van der Waals surface area contributed by atoms with Gasteiger partial charge in [0, 0.05) is 121 Å². The second-order valence-electron chi connectivity index (χ2n) is 24.0. The Hall–Kier alpha value is -8.78. The van der Waals surface area contributed by atoms with Gasteiger partial charge in [0.05, 0.1) is 24.9 Å². The van der Waals surface area contributed by atoms with Gasteiger partial charge in [0.1, 0.15) is 45.7 Å². The van der Waals surface area contributed by atoms with Crippen LogP contribution in [0.3, 0.4) is 0 Å². The number of anilines is 2. The molecule has 4 saturated carbocycles. The van der Waals surface area contributed by atoms with Crippen LogP contribution in [0.4, 0.5) is 11.6 Å². The van der Waals surface area contributed by atoms with Crippen molar-refractivity contribution in [3.63, 3.8) is 0 Å². The van der Waals surface area contributed by atoms with Gasteiger partial charge in [0.15, 0.2) is 11.6 Å². The van der Waals surface area contributed by atoms with Crippen LogP contribution in [0.2, 0.25) is 0 Å². The third kappa shape index (κ3) is 13.0. The molecule has 4 aliphatic carbocycles. The number of likely N-dealkylation sites (N-methyl/N-ethyl adjacent to an activating group) is 2. The number of nitrogens with two attached hydrogens (primary N) is 2. The normalized spacial score (nSPS) is 19.0. The van der Waals surface area contributed by atoms with Crippen molar-refractivity contribution in [3.05, 3.63) is 181 Å². The van der Waals surface area contributed by atoms with E-state index in [1.165, 1.54) is 44.6 Å². The van der Waals surface area contributed by atoms with E-state index in [2.05, 4.69) is 46.5 Å². The van der Waals surface area contributed by atoms with Crippen molar-refractivity contribution in [2.45, 2.75) is 101 Å². The first kappa shape index (κ1) is 56.7. The number of carboxylic acids is 1. The molecule has 0 bridgehead atoms. The minimum absolute atomic E-state index is 0.00281. The van der Waals surface area contributed by atoms with Gasteiger partial charge in [-0.15, -0.1) is 0 Å². The molecule has 85 heavy (non-hydrogen) atoms. The number of hydrogen-bond acceptors (Lipinski definition) is 15. The second-order valence-corrected chi connectivity index (χ2v) is 24.0. The zero-order valence-electron chi connectivity index (χ0n) is 48.1. The second kappa shape index (κ2) is 24.1. The van der Waals surface area contributed by atoms with E-state index in [0.717, 1.165) is 97.2 Å². The molecule has 8 aromatic rings. The summed E-state index contributed by atoms with van der Waals surface area (Å²) in [5.74, 6) is 1.81. The molecule has 2 spiro atoms. The molecule has 6 aromatic heterocycles. The van der Waals surface area contributed by atoms with E-state index in [1.54, 1.807) is 36.9 Å². The van der Waals surface area contributed by atoms with Gasteiger partial charge in [-0.25, -0.2) is 24.7 Å². The van der Waals surface area contributed by atoms with Crippen LogP contribution in [0.25, 0.3) is 33.5 Å². The number of benzene rings is 2. The number of carboxylic acid groups (broad SMARTS) is 1. The molecule has 14 rings (SSSR count). The smallest absolute Gasteiger partial charge is 0.328 e. The summed E-state index contributed by atoms with van der Waals surface area (Å²) in [7, 11) is 4.13. The molecule has 2 saturated heterocycles. The summed E-state index contributed by atoms with van der Waals surface area (Å²) in [4.78, 5) is 83.0. The maximum absolute atomic E-state index is 13.5. The molecule has 0 radical (unpaired) electrons. The van der Waals surface area contributed by atoms with Crippen LogP contribution in [0.5, 0.6) is 0 Å². The minimum Gasteiger partial charge on any atom is -0.478 e. The molecule has 2 aromatic carbocycles. The van der Waals surface area contributed by atoms with Gasteiger partial charge in [-0.3, -0.25) is 43.0 Å². The van der Waals surface area contributed by atoms with E-state index in [0.29, 0.717) is 51.5 Å². The summed E-state index contributed by atoms with van der Waals surface area (Å²) < 4.78 is 4.06. The lowest BCUT2D eigenvalue weighted by Crippen LogP contribution is -2.31. The third-order valence-corrected chi connectivity index (χ3v) is 17.6. The number of nitrogen functional groups attached to an aromatic ring is 2. The van der Waals surface area contributed by atoms with Gasteiger partial charge >= 0.3 is 5.97 Å². The van der Waals surface area contributed by atoms with Crippen LogP contribution >= 0.6 is 0 Å². The van der Waals surface area contributed by atoms with Gasteiger partial charge in [0.25, 0.3) is 0 Å². The van der Waals surface area contributed by atoms with Crippen molar-refractivity contribution in [3.8, 4) is 22.5 Å². The highest BCUT2D eigenvalue weighted by molar-refractivity contribution is 5.99. The predicted molar refractivity (Wildman–Crippen MR) is 325 cm³/mol. The lowest BCUT2D eigenvalue weighted by Gasteiger charge is -2.22. The number of Topliss-reactive ketones (excluding diaryl/α,β-unsaturated/α-hetero) is 2. The molecule has 6 aliphatic rings. The average molecular weight is 1140 g/mol. The van der Waals surface area contributed by atoms with E-state index in [-0.39, 0.29) is 47.8 Å². The maximum atomic E-state index is 13.5. The Labute approximate surface area is 493 Å². The fourth-order valence-corrected chi connectivity index (χ4v) is 12.0. The lowest BCUT2D eigenvalue weighted by atomic mass is 10.0. The summed E-state index contributed by atoms with van der Waals surface area (Å²) in [6.07, 6.45) is 29.6. The molecule has 19 heteroatoms. The first-order valence-electron chi connectivity index (χ1n) is 29.6. The quantitative estimate of drug-likeness (QED) is 0.0463. The van der Waals surface area contributed by atoms with Crippen LogP contribution in [0.1, 0.15) is 120 Å². The number of hydrogen-bond donors (Lipinski definition) is 4. The molecule has 2 atom stereocenters. The van der Waals surface area contributed by atoms with Crippen LogP contribution in [0, 0.1) is 10.8 Å². The zero-order valence-corrected chi connectivity index (χ0v) is 48.1. The SMILES string of the molecule is CN(C/C=C/C(=O)N1CC2(CC2)C[C@H]1c1nc(-c2ccc(C(=O)Cc3ccccn3)cc2)c2c(N)nccn12)C1CC1.CN(C/C=C/C(=O)O)C1CC1.Nc1nccn2c([C@@H]3CC4(CC4)CN3)nc(-c3ccc(C(=O)Cc4ccccn4)cc3)c12. The third-order valence-electron chi connectivity index (χ3n) is 17.6. The van der Waals surface area contributed by atoms with E-state index in [9.17, 15) is 19.2 Å². The molecular weight excluding hydrogens is 1070 g/mol. The molecule has 6 fully saturated rings. The standard InChI is InChI=1S/C33H35N7O2.C25H24N6O.C8H13NO2/c1-38(25-11-12-25)17-4-6-28(42)40-21-33(13-14-33)20-26(40)32-37-29(30-31(34)36-16-18-39(30)32)23-9-7-22(8-10-23)27(41)19-24-5-2-3-15-35-24;26-23-22-21(17-6-4-16(5-7-17)20(32)13-18-3-1-2-10-27-18)30-24(31(22)12-11-28-23)19-14-25(8-9-25)15-29-19;1-9(7-4-5-7)6-2-3-8(10)11/h2-10,15-16,18,25-26H,11-14,17,19-21H2,1H3,(H2,34,36);1-7,10-12,19,29H,8-9,13-15H2,(H2,26,28);2-3,7H,4-6H2,1H3,(H,10,11)/b6-4+;;3-2+/t26-;19-;/m00./s1. The number of nitrogens with one attached hydrogen (secondary N) is 1. The monoisotopic (exact) mass is 1140 g/mol. The topological polar surface area (TPSA) is 248 Å². The molecule has 1 amide bonds. The van der Waals surface area contributed by atoms with Crippen molar-refractivity contribution < 1.29 is 24.3 Å². The highest BCUT2D eigenvalue weighted by Crippen LogP contribution is 2.59. The first-order valence-corrected chi connectivity index (χ1v) is 29.6. The van der Waals surface area contributed by atoms with Crippen molar-refractivity contribution in [1.29, 1.82) is 0 Å². The van der Waals surface area contributed by atoms with Crippen molar-refractivity contribution >= 4 is 46.1 Å². The first-order chi connectivity index (χ1) is 41.2. The Morgan fingerprint density at radius 2 is 1.12 bits per heavy atom. The number of aliphatic carboxylic acids is 1. The number of fused-ring (bicyclic) bond motifs is 2. The number of nitrogens with zero attached hydrogens (tertiary/aromatic N) is 11. The zero-order chi connectivity index (χ0) is 58.8. The Kier molecular flexibility index (Phi) is 16.0. The van der Waals surface area contributed by atoms with Crippen LogP contribution in [-0.2, 0) is 22.4 Å². The average Bonchev–Trinajstić information content (AvgIpc) is 2.05. The summed E-state index contributed by atoms with van der Waals surface area (Å²) in [5.41, 5.74) is 20.9. The summed E-state index contributed by atoms with van der Waals surface area (Å²) >= 11 is 0. The lowest BCUT2D eigenvalue weighted by molar-refractivity contribution is -0.131. The molecule has 0 unspecified atom stereocenters. The number of carbonyl (C=O) groups excluding carboxylic acids is 3. The highest BCUT2D eigenvalue weighted by Gasteiger charge is 2.54. The Morgan fingerprint density at radius 1 is 0.624 bits per heavy atom. The molecular formula is C66H72N14O5. The van der Waals surface area contributed by atoms with E-state index < -0.39 is 5.97 Å². The fraction of sp³-hybridized carbons (Fsp3) is 0.364. The number of imidazole rings is 2. The summed E-state index contributed by atoms with van der Waals surface area (Å²) in [6.45, 7) is 3.32. The summed E-state index contributed by atoms with van der Waals surface area (Å²) in [5, 5.41) is 11.9. The van der Waals surface area contributed by atoms with Gasteiger partial charge in [-0.1, -0.05) is 72.8 Å². The highest BCUT2D eigenvalue weighted by atomic mass is 16.4. The predicted octanol–water partition coefficient (Wildman–Crippen LogP) is 8.84. The molecule has 19 nitrogen and oxygen atoms in total. The summed E-state index contributed by atoms with van der Waals surface area (Å²) in [6, 6.07) is 27.6. The Bertz CT molecular complexity index is 3810. The Balaban J connectivity index is 0.000000145. The minimum atomic E-state index is -0.866. The van der Waals surface area contributed by atoms with Gasteiger partial charge in [0.2, 0.25) is 5.91 Å². The number of pyridine rings is 2. The molecule has 8 heterocycles. The van der Waals surface area contributed by atoms with Crippen molar-refractivity contribution in [2.24, 2.45) is 10.8 Å². The molecule has 436 valence electrons. The van der Waals surface area contributed by atoms with Gasteiger partial charge < -0.3 is 26.8 Å². The number of amides is 1.